The van der Waals surface area contributed by atoms with Gasteiger partial charge in [0.15, 0.2) is 5.11 Å². The monoisotopic (exact) mass is 378 g/mol. The molecule has 4 nitrogen and oxygen atoms in total. The summed E-state index contributed by atoms with van der Waals surface area (Å²) in [4.78, 5) is 3.23. The van der Waals surface area contributed by atoms with E-state index in [4.69, 9.17) is 12.2 Å². The minimum Gasteiger partial charge on any atom is -0.361 e. The maximum atomic E-state index is 5.30. The molecule has 0 unspecified atom stereocenters. The number of thiocarbonyl (C=S) groups is 1. The zero-order valence-electron chi connectivity index (χ0n) is 12.2. The number of hydrogen-bond donors (Lipinski definition) is 3. The van der Waals surface area contributed by atoms with E-state index in [1.165, 1.54) is 32.1 Å². The molecule has 3 rings (SSSR count). The van der Waals surface area contributed by atoms with Crippen LogP contribution >= 0.6 is 28.1 Å². The Morgan fingerprint density at radius 1 is 1.32 bits per heavy atom. The number of aromatic amines is 1. The minimum atomic E-state index is 0.494. The molecule has 1 aliphatic rings. The van der Waals surface area contributed by atoms with Crippen molar-refractivity contribution < 1.29 is 0 Å². The largest absolute Gasteiger partial charge is 0.361 e. The van der Waals surface area contributed by atoms with Crippen molar-refractivity contribution in [3.05, 3.63) is 34.4 Å². The van der Waals surface area contributed by atoms with E-state index in [0.717, 1.165) is 20.9 Å². The first-order chi connectivity index (χ1) is 10.7. The van der Waals surface area contributed by atoms with Gasteiger partial charge in [-0.15, -0.1) is 0 Å². The van der Waals surface area contributed by atoms with E-state index in [-0.39, 0.29) is 0 Å². The van der Waals surface area contributed by atoms with Crippen molar-refractivity contribution in [2.75, 3.05) is 0 Å². The first-order valence-electron chi connectivity index (χ1n) is 7.58. The van der Waals surface area contributed by atoms with Crippen LogP contribution < -0.4 is 10.7 Å². The average Bonchev–Trinajstić information content (AvgIpc) is 2.91. The van der Waals surface area contributed by atoms with E-state index in [0.29, 0.717) is 11.2 Å². The number of benzene rings is 1. The summed E-state index contributed by atoms with van der Waals surface area (Å²) >= 11 is 8.79. The molecule has 1 aromatic heterocycles. The third kappa shape index (κ3) is 3.87. The standard InChI is InChI=1S/C16H19BrN4S/c17-12-6-7-15-14(8-12)11(9-18-15)10-19-21-16(22)20-13-4-2-1-3-5-13/h6-10,13,18H,1-5H2,(H2,20,21,22)/b19-10+. The Bertz CT molecular complexity index is 689. The quantitative estimate of drug-likeness (QED) is 0.428. The van der Waals surface area contributed by atoms with Crippen molar-refractivity contribution in [1.29, 1.82) is 0 Å². The zero-order chi connectivity index (χ0) is 15.4. The molecule has 6 heteroatoms. The molecule has 1 aromatic carbocycles. The van der Waals surface area contributed by atoms with Crippen LogP contribution in [0.4, 0.5) is 0 Å². The predicted molar refractivity (Wildman–Crippen MR) is 99.3 cm³/mol. The Labute approximate surface area is 143 Å². The number of nitrogens with zero attached hydrogens (tertiary/aromatic N) is 1. The maximum absolute atomic E-state index is 5.30. The second-order valence-corrected chi connectivity index (χ2v) is 6.94. The van der Waals surface area contributed by atoms with Gasteiger partial charge in [0.1, 0.15) is 0 Å². The number of rotatable bonds is 3. The van der Waals surface area contributed by atoms with E-state index < -0.39 is 0 Å². The molecule has 22 heavy (non-hydrogen) atoms. The number of aromatic nitrogens is 1. The summed E-state index contributed by atoms with van der Waals surface area (Å²) in [6.07, 6.45) is 10.0. The second kappa shape index (κ2) is 7.24. The Kier molecular flexibility index (Phi) is 5.10. The van der Waals surface area contributed by atoms with Gasteiger partial charge in [-0.1, -0.05) is 35.2 Å². The van der Waals surface area contributed by atoms with Gasteiger partial charge in [-0.2, -0.15) is 5.10 Å². The molecule has 1 aliphatic carbocycles. The predicted octanol–water partition coefficient (Wildman–Crippen LogP) is 4.06. The van der Waals surface area contributed by atoms with Crippen molar-refractivity contribution in [3.8, 4) is 0 Å². The summed E-state index contributed by atoms with van der Waals surface area (Å²) in [5.41, 5.74) is 5.03. The molecular weight excluding hydrogens is 360 g/mol. The van der Waals surface area contributed by atoms with Gasteiger partial charge in [0, 0.05) is 33.2 Å². The fourth-order valence-corrected chi connectivity index (χ4v) is 3.43. The first kappa shape index (κ1) is 15.5. The van der Waals surface area contributed by atoms with E-state index in [1.54, 1.807) is 6.21 Å². The molecule has 0 radical (unpaired) electrons. The van der Waals surface area contributed by atoms with Crippen molar-refractivity contribution in [1.82, 2.24) is 15.7 Å². The number of hydrazone groups is 1. The van der Waals surface area contributed by atoms with Crippen molar-refractivity contribution >= 4 is 50.4 Å². The van der Waals surface area contributed by atoms with Crippen LogP contribution in [0.5, 0.6) is 0 Å². The first-order valence-corrected chi connectivity index (χ1v) is 8.79. The van der Waals surface area contributed by atoms with E-state index in [9.17, 15) is 0 Å². The lowest BCUT2D eigenvalue weighted by atomic mass is 9.96. The Balaban J connectivity index is 1.58. The molecule has 0 atom stereocenters. The van der Waals surface area contributed by atoms with Crippen LogP contribution in [-0.2, 0) is 0 Å². The number of fused-ring (bicyclic) bond motifs is 1. The van der Waals surface area contributed by atoms with Gasteiger partial charge < -0.3 is 10.3 Å². The second-order valence-electron chi connectivity index (χ2n) is 5.61. The van der Waals surface area contributed by atoms with Gasteiger partial charge >= 0.3 is 0 Å². The average molecular weight is 379 g/mol. The van der Waals surface area contributed by atoms with Crippen LogP contribution in [0.1, 0.15) is 37.7 Å². The van der Waals surface area contributed by atoms with E-state index in [1.807, 2.05) is 18.3 Å². The lowest BCUT2D eigenvalue weighted by molar-refractivity contribution is 0.412. The lowest BCUT2D eigenvalue weighted by Gasteiger charge is -2.23. The van der Waals surface area contributed by atoms with Gasteiger partial charge in [-0.3, -0.25) is 5.43 Å². The smallest absolute Gasteiger partial charge is 0.187 e. The van der Waals surface area contributed by atoms with Gasteiger partial charge in [-0.05, 0) is 43.3 Å². The highest BCUT2D eigenvalue weighted by molar-refractivity contribution is 9.10. The Morgan fingerprint density at radius 2 is 2.14 bits per heavy atom. The lowest BCUT2D eigenvalue weighted by Crippen LogP contribution is -2.40. The van der Waals surface area contributed by atoms with Crippen molar-refractivity contribution in [3.63, 3.8) is 0 Å². The highest BCUT2D eigenvalue weighted by atomic mass is 79.9. The van der Waals surface area contributed by atoms with E-state index >= 15 is 0 Å². The molecule has 1 saturated carbocycles. The van der Waals surface area contributed by atoms with Crippen LogP contribution in [-0.4, -0.2) is 22.4 Å². The van der Waals surface area contributed by atoms with Crippen LogP contribution in [0.15, 0.2) is 34.0 Å². The normalized spacial score (nSPS) is 16.2. The third-order valence-electron chi connectivity index (χ3n) is 3.99. The van der Waals surface area contributed by atoms with Crippen LogP contribution in [0, 0.1) is 0 Å². The van der Waals surface area contributed by atoms with Gasteiger partial charge in [0.05, 0.1) is 6.21 Å². The summed E-state index contributed by atoms with van der Waals surface area (Å²) in [7, 11) is 0. The minimum absolute atomic E-state index is 0.494. The molecule has 2 aromatic rings. The van der Waals surface area contributed by atoms with Gasteiger partial charge in [-0.25, -0.2) is 0 Å². The molecule has 0 aliphatic heterocycles. The topological polar surface area (TPSA) is 52.2 Å². The van der Waals surface area contributed by atoms with Gasteiger partial charge in [0.25, 0.3) is 0 Å². The van der Waals surface area contributed by atoms with Crippen molar-refractivity contribution in [2.24, 2.45) is 5.10 Å². The van der Waals surface area contributed by atoms with Crippen LogP contribution in [0.25, 0.3) is 10.9 Å². The van der Waals surface area contributed by atoms with Crippen LogP contribution in [0.2, 0.25) is 0 Å². The SMILES string of the molecule is S=C(N/N=C/c1c[nH]c2ccc(Br)cc12)NC1CCCCC1. The Hall–Kier alpha value is -1.40. The maximum Gasteiger partial charge on any atom is 0.187 e. The molecule has 3 N–H and O–H groups in total. The summed E-state index contributed by atoms with van der Waals surface area (Å²) in [5, 5.41) is 9.31. The van der Waals surface area contributed by atoms with E-state index in [2.05, 4.69) is 42.8 Å². The molecule has 0 spiro atoms. The summed E-state index contributed by atoms with van der Waals surface area (Å²) in [6, 6.07) is 6.62. The highest BCUT2D eigenvalue weighted by Crippen LogP contribution is 2.21. The summed E-state index contributed by atoms with van der Waals surface area (Å²) < 4.78 is 1.05. The molecule has 0 saturated heterocycles. The van der Waals surface area contributed by atoms with Crippen molar-refractivity contribution in [2.45, 2.75) is 38.1 Å². The molecular formula is C16H19BrN4S. The number of hydrogen-bond acceptors (Lipinski definition) is 2. The molecule has 1 heterocycles. The fourth-order valence-electron chi connectivity index (χ4n) is 2.85. The molecule has 0 bridgehead atoms. The van der Waals surface area contributed by atoms with Crippen LogP contribution in [0.3, 0.4) is 0 Å². The third-order valence-corrected chi connectivity index (χ3v) is 4.69. The zero-order valence-corrected chi connectivity index (χ0v) is 14.6. The van der Waals surface area contributed by atoms with Gasteiger partial charge in [0.2, 0.25) is 0 Å². The summed E-state index contributed by atoms with van der Waals surface area (Å²) in [5.74, 6) is 0. The summed E-state index contributed by atoms with van der Waals surface area (Å²) in [6.45, 7) is 0. The number of H-pyrrole nitrogens is 1. The number of nitrogens with one attached hydrogen (secondary N) is 3. The molecule has 116 valence electrons. The fraction of sp³-hybridized carbons (Fsp3) is 0.375. The highest BCUT2D eigenvalue weighted by Gasteiger charge is 2.13. The Morgan fingerprint density at radius 3 is 2.95 bits per heavy atom. The number of halogens is 1. The molecule has 0 amide bonds. The molecule has 1 fully saturated rings.